The van der Waals surface area contributed by atoms with Crippen LogP contribution in [-0.2, 0) is 17.6 Å². The normalized spacial score (nSPS) is 23.9. The monoisotopic (exact) mass is 308 g/mol. The van der Waals surface area contributed by atoms with Crippen LogP contribution in [0, 0.1) is 0 Å². The quantitative estimate of drug-likeness (QED) is 0.756. The second-order valence-electron chi connectivity index (χ2n) is 6.41. The lowest BCUT2D eigenvalue weighted by Gasteiger charge is -2.38. The molecule has 7 nitrogen and oxygen atoms in total. The van der Waals surface area contributed by atoms with Gasteiger partial charge in [0.15, 0.2) is 0 Å². The minimum absolute atomic E-state index is 0.0348. The summed E-state index contributed by atoms with van der Waals surface area (Å²) in [5, 5.41) is 20.4. The maximum atomic E-state index is 12.4. The van der Waals surface area contributed by atoms with Gasteiger partial charge in [0.1, 0.15) is 0 Å². The number of methoxy groups -OCH3 is 1. The predicted molar refractivity (Wildman–Crippen MR) is 80.6 cm³/mol. The standard InChI is InChI=1S/C15H24N4O3/c1-22-10-15(21)4-6-19(7-5-15)14(20)17-12-3-2-11-9-16-18-13(11)8-12/h9,12,21H,2-8,10H2,1H3,(H,16,18)(H,17,20). The van der Waals surface area contributed by atoms with Gasteiger partial charge in [-0.3, -0.25) is 5.10 Å². The van der Waals surface area contributed by atoms with Crippen LogP contribution in [0.3, 0.4) is 0 Å². The van der Waals surface area contributed by atoms with Crippen LogP contribution >= 0.6 is 0 Å². The SMILES string of the molecule is COCC1(O)CCN(C(=O)NC2CCc3cn[nH]c3C2)CC1. The first-order chi connectivity index (χ1) is 10.6. The zero-order valence-corrected chi connectivity index (χ0v) is 13.0. The first kappa shape index (κ1) is 15.3. The minimum Gasteiger partial charge on any atom is -0.387 e. The number of fused-ring (bicyclic) bond motifs is 1. The fourth-order valence-corrected chi connectivity index (χ4v) is 3.34. The van der Waals surface area contributed by atoms with Crippen LogP contribution in [0.25, 0.3) is 0 Å². The topological polar surface area (TPSA) is 90.5 Å². The van der Waals surface area contributed by atoms with Crippen LogP contribution in [0.5, 0.6) is 0 Å². The van der Waals surface area contributed by atoms with Crippen LogP contribution in [0.15, 0.2) is 6.20 Å². The molecule has 122 valence electrons. The van der Waals surface area contributed by atoms with Crippen molar-refractivity contribution in [2.24, 2.45) is 0 Å². The van der Waals surface area contributed by atoms with E-state index < -0.39 is 5.60 Å². The first-order valence-corrected chi connectivity index (χ1v) is 7.87. The number of aromatic amines is 1. The number of H-pyrrole nitrogens is 1. The molecule has 2 heterocycles. The van der Waals surface area contributed by atoms with Gasteiger partial charge < -0.3 is 20.1 Å². The Morgan fingerprint density at radius 1 is 1.59 bits per heavy atom. The summed E-state index contributed by atoms with van der Waals surface area (Å²) in [4.78, 5) is 14.1. The van der Waals surface area contributed by atoms with Gasteiger partial charge in [0.05, 0.1) is 18.4 Å². The highest BCUT2D eigenvalue weighted by Crippen LogP contribution is 2.23. The number of hydrogen-bond donors (Lipinski definition) is 3. The number of carbonyl (C=O) groups is 1. The third-order valence-electron chi connectivity index (χ3n) is 4.74. The average Bonchev–Trinajstić information content (AvgIpc) is 2.95. The highest BCUT2D eigenvalue weighted by atomic mass is 16.5. The fraction of sp³-hybridized carbons (Fsp3) is 0.733. The molecule has 1 unspecified atom stereocenters. The zero-order valence-electron chi connectivity index (χ0n) is 13.0. The molecule has 3 N–H and O–H groups in total. The highest BCUT2D eigenvalue weighted by molar-refractivity contribution is 5.74. The van der Waals surface area contributed by atoms with E-state index in [1.807, 2.05) is 6.20 Å². The maximum Gasteiger partial charge on any atom is 0.317 e. The van der Waals surface area contributed by atoms with Gasteiger partial charge >= 0.3 is 6.03 Å². The van der Waals surface area contributed by atoms with Crippen molar-refractivity contribution in [3.8, 4) is 0 Å². The molecule has 3 rings (SSSR count). The number of carbonyl (C=O) groups excluding carboxylic acids is 1. The van der Waals surface area contributed by atoms with E-state index in [0.717, 1.165) is 25.0 Å². The van der Waals surface area contributed by atoms with Gasteiger partial charge in [-0.25, -0.2) is 4.79 Å². The summed E-state index contributed by atoms with van der Waals surface area (Å²) in [6.07, 6.45) is 5.69. The van der Waals surface area contributed by atoms with Crippen LogP contribution in [0.2, 0.25) is 0 Å². The van der Waals surface area contributed by atoms with Crippen molar-refractivity contribution >= 4 is 6.03 Å². The van der Waals surface area contributed by atoms with Crippen LogP contribution in [0.1, 0.15) is 30.5 Å². The van der Waals surface area contributed by atoms with E-state index in [2.05, 4.69) is 15.5 Å². The number of aromatic nitrogens is 2. The van der Waals surface area contributed by atoms with Gasteiger partial charge in [-0.1, -0.05) is 0 Å². The molecule has 1 aromatic heterocycles. The Bertz CT molecular complexity index is 523. The van der Waals surface area contributed by atoms with E-state index >= 15 is 0 Å². The summed E-state index contributed by atoms with van der Waals surface area (Å²) in [5.74, 6) is 0. The third kappa shape index (κ3) is 3.25. The number of urea groups is 1. The molecule has 1 fully saturated rings. The molecule has 0 aromatic carbocycles. The molecule has 0 bridgehead atoms. The van der Waals surface area contributed by atoms with Crippen molar-refractivity contribution in [1.82, 2.24) is 20.4 Å². The van der Waals surface area contributed by atoms with Crippen molar-refractivity contribution < 1.29 is 14.6 Å². The Morgan fingerprint density at radius 2 is 2.36 bits per heavy atom. The van der Waals surface area contributed by atoms with Crippen LogP contribution in [-0.4, -0.2) is 64.7 Å². The number of rotatable bonds is 3. The van der Waals surface area contributed by atoms with Gasteiger partial charge in [0, 0.05) is 38.4 Å². The number of hydrogen-bond acceptors (Lipinski definition) is 4. The Kier molecular flexibility index (Phi) is 4.35. The number of nitrogens with one attached hydrogen (secondary N) is 2. The Balaban J connectivity index is 1.49. The van der Waals surface area contributed by atoms with Crippen molar-refractivity contribution in [2.45, 2.75) is 43.7 Å². The molecule has 1 aromatic rings. The lowest BCUT2D eigenvalue weighted by Crippen LogP contribution is -2.53. The molecule has 2 amide bonds. The summed E-state index contributed by atoms with van der Waals surface area (Å²) >= 11 is 0. The number of piperidine rings is 1. The van der Waals surface area contributed by atoms with E-state index in [1.54, 1.807) is 12.0 Å². The van der Waals surface area contributed by atoms with E-state index in [1.165, 1.54) is 5.56 Å². The Morgan fingerprint density at radius 3 is 3.09 bits per heavy atom. The molecular weight excluding hydrogens is 284 g/mol. The first-order valence-electron chi connectivity index (χ1n) is 7.87. The predicted octanol–water partition coefficient (Wildman–Crippen LogP) is 0.450. The van der Waals surface area contributed by atoms with E-state index in [9.17, 15) is 9.90 Å². The molecule has 0 saturated carbocycles. The highest BCUT2D eigenvalue weighted by Gasteiger charge is 2.34. The molecular formula is C15H24N4O3. The molecule has 1 saturated heterocycles. The lowest BCUT2D eigenvalue weighted by atomic mass is 9.92. The zero-order chi connectivity index (χ0) is 15.6. The van der Waals surface area contributed by atoms with E-state index in [0.29, 0.717) is 32.5 Å². The molecule has 0 spiro atoms. The van der Waals surface area contributed by atoms with Gasteiger partial charge in [-0.15, -0.1) is 0 Å². The van der Waals surface area contributed by atoms with Crippen molar-refractivity contribution in [1.29, 1.82) is 0 Å². The third-order valence-corrected chi connectivity index (χ3v) is 4.74. The van der Waals surface area contributed by atoms with E-state index in [4.69, 9.17) is 4.74 Å². The van der Waals surface area contributed by atoms with Gasteiger partial charge in [0.25, 0.3) is 0 Å². The molecule has 0 radical (unpaired) electrons. The second kappa shape index (κ2) is 6.26. The number of aryl methyl sites for hydroxylation is 1. The van der Waals surface area contributed by atoms with Crippen molar-refractivity contribution in [3.05, 3.63) is 17.5 Å². The van der Waals surface area contributed by atoms with Gasteiger partial charge in [0.2, 0.25) is 0 Å². The molecule has 22 heavy (non-hydrogen) atoms. The van der Waals surface area contributed by atoms with Gasteiger partial charge in [-0.2, -0.15) is 5.10 Å². The molecule has 1 atom stereocenters. The van der Waals surface area contributed by atoms with E-state index in [-0.39, 0.29) is 12.1 Å². The number of nitrogens with zero attached hydrogens (tertiary/aromatic N) is 2. The largest absolute Gasteiger partial charge is 0.387 e. The fourth-order valence-electron chi connectivity index (χ4n) is 3.34. The summed E-state index contributed by atoms with van der Waals surface area (Å²) in [6, 6.07) is 0.118. The number of ether oxygens (including phenoxy) is 1. The second-order valence-corrected chi connectivity index (χ2v) is 6.41. The molecule has 2 aliphatic rings. The van der Waals surface area contributed by atoms with Gasteiger partial charge in [-0.05, 0) is 31.2 Å². The summed E-state index contributed by atoms with van der Waals surface area (Å²) in [5.41, 5.74) is 1.60. The molecule has 7 heteroatoms. The molecule has 1 aliphatic carbocycles. The number of amides is 2. The number of likely N-dealkylation sites (tertiary alicyclic amines) is 1. The smallest absolute Gasteiger partial charge is 0.317 e. The summed E-state index contributed by atoms with van der Waals surface area (Å²) in [6.45, 7) is 1.45. The Hall–Kier alpha value is -1.60. The minimum atomic E-state index is -0.790. The van der Waals surface area contributed by atoms with Crippen LogP contribution in [0.4, 0.5) is 4.79 Å². The average molecular weight is 308 g/mol. The lowest BCUT2D eigenvalue weighted by molar-refractivity contribution is -0.0648. The van der Waals surface area contributed by atoms with Crippen LogP contribution < -0.4 is 5.32 Å². The number of aliphatic hydroxyl groups is 1. The molecule has 1 aliphatic heterocycles. The van der Waals surface area contributed by atoms with Crippen molar-refractivity contribution in [2.75, 3.05) is 26.8 Å². The Labute approximate surface area is 130 Å². The summed E-state index contributed by atoms with van der Waals surface area (Å²) < 4.78 is 5.05. The van der Waals surface area contributed by atoms with Crippen molar-refractivity contribution in [3.63, 3.8) is 0 Å². The summed E-state index contributed by atoms with van der Waals surface area (Å²) in [7, 11) is 1.59. The maximum absolute atomic E-state index is 12.4.